The summed E-state index contributed by atoms with van der Waals surface area (Å²) in [6.45, 7) is 0.811. The van der Waals surface area contributed by atoms with Crippen molar-refractivity contribution >= 4 is 78.8 Å². The third-order valence-corrected chi connectivity index (χ3v) is 5.88. The van der Waals surface area contributed by atoms with Crippen LogP contribution in [0.5, 0.6) is 11.5 Å². The summed E-state index contributed by atoms with van der Waals surface area (Å²) in [5.41, 5.74) is 0.802. The molecule has 3 rings (SSSR count). The van der Waals surface area contributed by atoms with E-state index in [4.69, 9.17) is 21.7 Å². The Balaban J connectivity index is 1.66. The molecule has 4 nitrogen and oxygen atoms in total. The number of para-hydroxylation sites is 1. The number of hydrogen-bond donors (Lipinski definition) is 1. The predicted octanol–water partition coefficient (Wildman–Crippen LogP) is 5.00. The summed E-state index contributed by atoms with van der Waals surface area (Å²) in [5, 5.41) is 2.61. The van der Waals surface area contributed by atoms with E-state index in [-0.39, 0.29) is 5.91 Å². The highest BCUT2D eigenvalue weighted by Gasteiger charge is 2.22. The predicted molar refractivity (Wildman–Crippen MR) is 121 cm³/mol. The average molecular weight is 562 g/mol. The molecule has 1 amide bonds. The molecule has 1 aliphatic rings. The molecule has 1 saturated heterocycles. The molecule has 0 aromatic heterocycles. The number of amides is 1. The Morgan fingerprint density at radius 1 is 1.15 bits per heavy atom. The molecule has 2 aromatic carbocycles. The maximum atomic E-state index is 11.9. The highest BCUT2D eigenvalue weighted by atomic mass is 127. The third-order valence-electron chi connectivity index (χ3n) is 3.34. The van der Waals surface area contributed by atoms with Gasteiger partial charge in [-0.15, -0.1) is 0 Å². The van der Waals surface area contributed by atoms with E-state index < -0.39 is 0 Å². The van der Waals surface area contributed by atoms with Gasteiger partial charge in [-0.2, -0.15) is 0 Å². The van der Waals surface area contributed by atoms with Gasteiger partial charge in [-0.1, -0.05) is 52.0 Å². The molecule has 0 unspecified atom stereocenters. The lowest BCUT2D eigenvalue weighted by atomic mass is 10.2. The molecule has 2 aromatic rings. The summed E-state index contributed by atoms with van der Waals surface area (Å²) in [6, 6.07) is 13.5. The Hall–Kier alpha value is -1.10. The first kappa shape index (κ1) is 19.7. The highest BCUT2D eigenvalue weighted by molar-refractivity contribution is 14.1. The van der Waals surface area contributed by atoms with E-state index in [1.165, 1.54) is 11.8 Å². The summed E-state index contributed by atoms with van der Waals surface area (Å²) in [5.74, 6) is 1.33. The van der Waals surface area contributed by atoms with E-state index in [2.05, 4.69) is 43.8 Å². The molecule has 26 heavy (non-hydrogen) atoms. The van der Waals surface area contributed by atoms with Gasteiger partial charge in [0, 0.05) is 10.0 Å². The molecule has 1 fully saturated rings. The second-order valence-corrected chi connectivity index (χ2v) is 8.96. The zero-order chi connectivity index (χ0) is 18.5. The molecule has 1 aliphatic heterocycles. The summed E-state index contributed by atoms with van der Waals surface area (Å²) >= 11 is 12.0. The lowest BCUT2D eigenvalue weighted by Gasteiger charge is -2.12. The number of ether oxygens (including phenoxy) is 2. The van der Waals surface area contributed by atoms with Gasteiger partial charge < -0.3 is 14.8 Å². The van der Waals surface area contributed by atoms with Crippen LogP contribution in [0.25, 0.3) is 6.08 Å². The summed E-state index contributed by atoms with van der Waals surface area (Å²) in [4.78, 5) is 12.4. The quantitative estimate of drug-likeness (QED) is 0.233. The van der Waals surface area contributed by atoms with Crippen molar-refractivity contribution < 1.29 is 14.3 Å². The first-order valence-electron chi connectivity index (χ1n) is 7.57. The highest BCUT2D eigenvalue weighted by Crippen LogP contribution is 2.31. The Labute approximate surface area is 183 Å². The fourth-order valence-electron chi connectivity index (χ4n) is 2.19. The van der Waals surface area contributed by atoms with Crippen LogP contribution < -0.4 is 14.8 Å². The molecule has 8 heteroatoms. The zero-order valence-electron chi connectivity index (χ0n) is 13.3. The van der Waals surface area contributed by atoms with Crippen LogP contribution >= 0.6 is 62.5 Å². The van der Waals surface area contributed by atoms with Crippen LogP contribution in [-0.2, 0) is 4.79 Å². The van der Waals surface area contributed by atoms with Gasteiger partial charge in [-0.05, 0) is 59.0 Å². The van der Waals surface area contributed by atoms with E-state index in [1.807, 2.05) is 42.5 Å². The van der Waals surface area contributed by atoms with Crippen molar-refractivity contribution in [2.45, 2.75) is 0 Å². The average Bonchev–Trinajstić information content (AvgIpc) is 2.92. The van der Waals surface area contributed by atoms with Gasteiger partial charge in [-0.25, -0.2) is 0 Å². The lowest BCUT2D eigenvalue weighted by Crippen LogP contribution is -2.17. The van der Waals surface area contributed by atoms with Crippen molar-refractivity contribution in [2.75, 3.05) is 13.2 Å². The van der Waals surface area contributed by atoms with Crippen LogP contribution in [0.1, 0.15) is 5.56 Å². The largest absolute Gasteiger partial charge is 0.489 e. The minimum Gasteiger partial charge on any atom is -0.489 e. The summed E-state index contributed by atoms with van der Waals surface area (Å²) < 4.78 is 14.0. The fourth-order valence-corrected chi connectivity index (χ4v) is 4.15. The smallest absolute Gasteiger partial charge is 0.263 e. The number of thiocarbonyl (C=S) groups is 1. The van der Waals surface area contributed by atoms with Gasteiger partial charge in [0.2, 0.25) is 0 Å². The van der Waals surface area contributed by atoms with Crippen molar-refractivity contribution in [2.24, 2.45) is 0 Å². The number of rotatable bonds is 6. The normalized spacial score (nSPS) is 15.2. The fraction of sp³-hybridized carbons (Fsp3) is 0.111. The van der Waals surface area contributed by atoms with Gasteiger partial charge >= 0.3 is 0 Å². The topological polar surface area (TPSA) is 47.6 Å². The number of hydrogen-bond acceptors (Lipinski definition) is 5. The van der Waals surface area contributed by atoms with E-state index >= 15 is 0 Å². The van der Waals surface area contributed by atoms with Crippen molar-refractivity contribution in [3.8, 4) is 11.5 Å². The molecule has 1 N–H and O–H groups in total. The standard InChI is InChI=1S/C18H13BrINO3S2/c19-12-5-6-14(11(9-12)10-16-17(22)21-18(25)26-16)23-7-8-24-15-4-2-1-3-13(15)20/h1-6,9-10H,7-8H2,(H,21,22,25). The molecular weight excluding hydrogens is 549 g/mol. The molecule has 0 radical (unpaired) electrons. The second kappa shape index (κ2) is 9.20. The molecule has 0 aliphatic carbocycles. The van der Waals surface area contributed by atoms with Gasteiger partial charge in [0.25, 0.3) is 5.91 Å². The number of carbonyl (C=O) groups excluding carboxylic acids is 1. The SMILES string of the molecule is O=C1NC(=S)SC1=Cc1cc(Br)ccc1OCCOc1ccccc1I. The molecule has 1 heterocycles. The van der Waals surface area contributed by atoms with Crippen molar-refractivity contribution in [3.63, 3.8) is 0 Å². The number of benzene rings is 2. The molecule has 134 valence electrons. The summed E-state index contributed by atoms with van der Waals surface area (Å²) in [7, 11) is 0. The van der Waals surface area contributed by atoms with Crippen molar-refractivity contribution in [3.05, 3.63) is 61.0 Å². The Morgan fingerprint density at radius 3 is 2.58 bits per heavy atom. The van der Waals surface area contributed by atoms with Gasteiger partial charge in [0.1, 0.15) is 29.0 Å². The van der Waals surface area contributed by atoms with E-state index in [0.717, 1.165) is 19.4 Å². The molecule has 0 atom stereocenters. The lowest BCUT2D eigenvalue weighted by molar-refractivity contribution is -0.115. The third kappa shape index (κ3) is 5.21. The molecule has 0 saturated carbocycles. The Morgan fingerprint density at radius 2 is 1.88 bits per heavy atom. The summed E-state index contributed by atoms with van der Waals surface area (Å²) in [6.07, 6.45) is 1.78. The van der Waals surface area contributed by atoms with Crippen LogP contribution in [0.3, 0.4) is 0 Å². The van der Waals surface area contributed by atoms with Crippen LogP contribution in [-0.4, -0.2) is 23.4 Å². The van der Waals surface area contributed by atoms with Gasteiger partial charge in [0.05, 0.1) is 8.48 Å². The minimum atomic E-state index is -0.187. The molecule has 0 spiro atoms. The van der Waals surface area contributed by atoms with Gasteiger partial charge in [-0.3, -0.25) is 4.79 Å². The van der Waals surface area contributed by atoms with Crippen LogP contribution in [0.2, 0.25) is 0 Å². The second-order valence-electron chi connectivity index (χ2n) is 5.16. The van der Waals surface area contributed by atoms with Crippen LogP contribution in [0, 0.1) is 3.57 Å². The van der Waals surface area contributed by atoms with E-state index in [1.54, 1.807) is 6.08 Å². The van der Waals surface area contributed by atoms with Crippen LogP contribution in [0.15, 0.2) is 51.8 Å². The minimum absolute atomic E-state index is 0.187. The van der Waals surface area contributed by atoms with E-state index in [0.29, 0.717) is 28.2 Å². The number of halogens is 2. The zero-order valence-corrected chi connectivity index (χ0v) is 18.7. The van der Waals surface area contributed by atoms with Crippen molar-refractivity contribution in [1.82, 2.24) is 5.32 Å². The first-order chi connectivity index (χ1) is 12.5. The number of carbonyl (C=O) groups is 1. The van der Waals surface area contributed by atoms with Gasteiger partial charge in [0.15, 0.2) is 0 Å². The van der Waals surface area contributed by atoms with Crippen LogP contribution in [0.4, 0.5) is 0 Å². The van der Waals surface area contributed by atoms with Crippen molar-refractivity contribution in [1.29, 1.82) is 0 Å². The molecule has 0 bridgehead atoms. The first-order valence-corrected chi connectivity index (χ1v) is 10.7. The number of thioether (sulfide) groups is 1. The molecular formula is C18H13BrINO3S2. The monoisotopic (exact) mass is 561 g/mol. The van der Waals surface area contributed by atoms with E-state index in [9.17, 15) is 4.79 Å². The Kier molecular flexibility index (Phi) is 6.96. The maximum absolute atomic E-state index is 11.9. The number of nitrogens with one attached hydrogen (secondary N) is 1. The maximum Gasteiger partial charge on any atom is 0.263 e. The Bertz CT molecular complexity index is 888.